The lowest BCUT2D eigenvalue weighted by Gasteiger charge is -2.33. The van der Waals surface area contributed by atoms with Gasteiger partial charge in [0.05, 0.1) is 17.6 Å². The number of carbonyl (C=O) groups is 1. The van der Waals surface area contributed by atoms with Gasteiger partial charge in [-0.05, 0) is 49.0 Å². The molecule has 2 N–H and O–H groups in total. The fourth-order valence-corrected chi connectivity index (χ4v) is 3.47. The van der Waals surface area contributed by atoms with Gasteiger partial charge in [0.25, 0.3) is 0 Å². The van der Waals surface area contributed by atoms with Crippen molar-refractivity contribution in [3.63, 3.8) is 0 Å². The Bertz CT molecular complexity index is 646. The van der Waals surface area contributed by atoms with Crippen LogP contribution in [0.1, 0.15) is 32.9 Å². The Hall–Kier alpha value is -2.10. The van der Waals surface area contributed by atoms with E-state index < -0.39 is 0 Å². The molecule has 4 nitrogen and oxygen atoms in total. The van der Waals surface area contributed by atoms with Gasteiger partial charge in [-0.15, -0.1) is 0 Å². The van der Waals surface area contributed by atoms with Crippen molar-refractivity contribution >= 4 is 17.7 Å². The van der Waals surface area contributed by atoms with Gasteiger partial charge in [-0.25, -0.2) is 4.79 Å². The summed E-state index contributed by atoms with van der Waals surface area (Å²) in [7, 11) is 0. The molecule has 1 aliphatic heterocycles. The molecular formula is C18H22N2O2. The summed E-state index contributed by atoms with van der Waals surface area (Å²) in [5.74, 6) is 1.02. The number of nitrogens with zero attached hydrogens (tertiary/aromatic N) is 1. The van der Waals surface area contributed by atoms with Crippen LogP contribution in [0.25, 0.3) is 6.08 Å². The standard InChI is InChI=1S/C18H22N2O2/c1-10-8-16-17(12(3)22-18(16)21)15(11(10)2)7-6-14-5-4-13(19)9-20-14/h4-7,9-12,15H,8,19H2,1-3H3/b7-6+/t10-,11+,12+,15-/m0/s1. The molecule has 4 heteroatoms. The van der Waals surface area contributed by atoms with Crippen LogP contribution >= 0.6 is 0 Å². The van der Waals surface area contributed by atoms with E-state index >= 15 is 0 Å². The molecule has 0 saturated heterocycles. The molecular weight excluding hydrogens is 276 g/mol. The van der Waals surface area contributed by atoms with Gasteiger partial charge in [0.2, 0.25) is 0 Å². The molecule has 3 rings (SSSR count). The third kappa shape index (κ3) is 2.54. The van der Waals surface area contributed by atoms with Gasteiger partial charge in [-0.1, -0.05) is 19.9 Å². The zero-order valence-corrected chi connectivity index (χ0v) is 13.2. The molecule has 1 aromatic heterocycles. The van der Waals surface area contributed by atoms with Gasteiger partial charge in [-0.2, -0.15) is 0 Å². The summed E-state index contributed by atoms with van der Waals surface area (Å²) in [5, 5.41) is 0. The van der Waals surface area contributed by atoms with Crippen LogP contribution < -0.4 is 5.73 Å². The van der Waals surface area contributed by atoms with Gasteiger partial charge in [-0.3, -0.25) is 4.98 Å². The third-order valence-corrected chi connectivity index (χ3v) is 4.95. The number of anilines is 1. The number of nitrogen functional groups attached to an aromatic ring is 1. The van der Waals surface area contributed by atoms with Crippen molar-refractivity contribution in [2.24, 2.45) is 17.8 Å². The van der Waals surface area contributed by atoms with Gasteiger partial charge in [0.1, 0.15) is 6.10 Å². The predicted molar refractivity (Wildman–Crippen MR) is 86.7 cm³/mol. The number of hydrogen-bond acceptors (Lipinski definition) is 4. The molecule has 22 heavy (non-hydrogen) atoms. The van der Waals surface area contributed by atoms with Crippen LogP contribution in [-0.2, 0) is 9.53 Å². The molecule has 1 aliphatic carbocycles. The van der Waals surface area contributed by atoms with Crippen molar-refractivity contribution in [2.45, 2.75) is 33.3 Å². The van der Waals surface area contributed by atoms with E-state index in [0.29, 0.717) is 17.5 Å². The van der Waals surface area contributed by atoms with E-state index in [1.54, 1.807) is 6.20 Å². The highest BCUT2D eigenvalue weighted by Crippen LogP contribution is 2.45. The Kier molecular flexibility index (Phi) is 3.77. The molecule has 0 bridgehead atoms. The van der Waals surface area contributed by atoms with Crippen molar-refractivity contribution in [3.05, 3.63) is 41.2 Å². The van der Waals surface area contributed by atoms with Crippen LogP contribution in [-0.4, -0.2) is 17.1 Å². The Morgan fingerprint density at radius 1 is 1.32 bits per heavy atom. The van der Waals surface area contributed by atoms with E-state index in [1.807, 2.05) is 25.1 Å². The first kappa shape index (κ1) is 14.8. The highest BCUT2D eigenvalue weighted by Gasteiger charge is 2.42. The highest BCUT2D eigenvalue weighted by molar-refractivity contribution is 5.92. The zero-order chi connectivity index (χ0) is 15.9. The number of aromatic nitrogens is 1. The minimum atomic E-state index is -0.134. The number of ether oxygens (including phenoxy) is 1. The minimum Gasteiger partial charge on any atom is -0.455 e. The number of nitrogens with two attached hydrogens (primary N) is 1. The van der Waals surface area contributed by atoms with Gasteiger partial charge >= 0.3 is 5.97 Å². The monoisotopic (exact) mass is 298 g/mol. The van der Waals surface area contributed by atoms with E-state index in [0.717, 1.165) is 23.3 Å². The molecule has 2 heterocycles. The van der Waals surface area contributed by atoms with Crippen molar-refractivity contribution in [2.75, 3.05) is 5.73 Å². The molecule has 0 spiro atoms. The SMILES string of the molecule is C[C@H]1[C@H](/C=C/c2ccc(N)cn2)C2=C(C[C@@H]1C)C(=O)O[C@@H]2C. The summed E-state index contributed by atoms with van der Waals surface area (Å²) in [6, 6.07) is 3.74. The second-order valence-electron chi connectivity index (χ2n) is 6.42. The number of pyridine rings is 1. The first-order valence-corrected chi connectivity index (χ1v) is 7.81. The highest BCUT2D eigenvalue weighted by atomic mass is 16.5. The predicted octanol–water partition coefficient (Wildman–Crippen LogP) is 3.21. The number of hydrogen-bond donors (Lipinski definition) is 1. The average molecular weight is 298 g/mol. The second kappa shape index (κ2) is 5.59. The van der Waals surface area contributed by atoms with Crippen LogP contribution in [0.15, 0.2) is 35.6 Å². The maximum atomic E-state index is 12.0. The van der Waals surface area contributed by atoms with E-state index in [-0.39, 0.29) is 18.0 Å². The molecule has 2 aliphatic rings. The van der Waals surface area contributed by atoms with E-state index in [4.69, 9.17) is 10.5 Å². The van der Waals surface area contributed by atoms with Crippen molar-refractivity contribution in [1.29, 1.82) is 0 Å². The normalized spacial score (nSPS) is 31.5. The first-order valence-electron chi connectivity index (χ1n) is 7.81. The van der Waals surface area contributed by atoms with Crippen molar-refractivity contribution in [1.82, 2.24) is 4.98 Å². The second-order valence-corrected chi connectivity index (χ2v) is 6.42. The molecule has 116 valence electrons. The summed E-state index contributed by atoms with van der Waals surface area (Å²) >= 11 is 0. The summed E-state index contributed by atoms with van der Waals surface area (Å²) in [6.07, 6.45) is 6.53. The number of cyclic esters (lactones) is 1. The maximum Gasteiger partial charge on any atom is 0.334 e. The number of rotatable bonds is 2. The average Bonchev–Trinajstić information content (AvgIpc) is 2.76. The molecule has 0 amide bonds. The van der Waals surface area contributed by atoms with Crippen LogP contribution in [0.2, 0.25) is 0 Å². The van der Waals surface area contributed by atoms with Gasteiger partial charge < -0.3 is 10.5 Å². The lowest BCUT2D eigenvalue weighted by Crippen LogP contribution is -2.28. The molecule has 0 radical (unpaired) electrons. The molecule has 1 aromatic rings. The lowest BCUT2D eigenvalue weighted by molar-refractivity contribution is -0.139. The molecule has 4 atom stereocenters. The van der Waals surface area contributed by atoms with Crippen molar-refractivity contribution in [3.8, 4) is 0 Å². The fraction of sp³-hybridized carbons (Fsp3) is 0.444. The van der Waals surface area contributed by atoms with Gasteiger partial charge in [0.15, 0.2) is 0 Å². The summed E-state index contributed by atoms with van der Waals surface area (Å²) in [4.78, 5) is 16.3. The zero-order valence-electron chi connectivity index (χ0n) is 13.2. The van der Waals surface area contributed by atoms with E-state index in [9.17, 15) is 4.79 Å². The summed E-state index contributed by atoms with van der Waals surface area (Å²) in [5.41, 5.74) is 9.24. The quantitative estimate of drug-likeness (QED) is 0.851. The number of esters is 1. The van der Waals surface area contributed by atoms with Crippen LogP contribution in [0, 0.1) is 17.8 Å². The Balaban J connectivity index is 1.92. The Labute approximate surface area is 131 Å². The van der Waals surface area contributed by atoms with E-state index in [1.165, 1.54) is 0 Å². The van der Waals surface area contributed by atoms with Crippen LogP contribution in [0.3, 0.4) is 0 Å². The Morgan fingerprint density at radius 3 is 2.77 bits per heavy atom. The minimum absolute atomic E-state index is 0.119. The summed E-state index contributed by atoms with van der Waals surface area (Å²) in [6.45, 7) is 6.41. The Morgan fingerprint density at radius 2 is 2.09 bits per heavy atom. The molecule has 0 aromatic carbocycles. The van der Waals surface area contributed by atoms with Crippen LogP contribution in [0.4, 0.5) is 5.69 Å². The summed E-state index contributed by atoms with van der Waals surface area (Å²) < 4.78 is 5.42. The lowest BCUT2D eigenvalue weighted by atomic mass is 9.69. The maximum absolute atomic E-state index is 12.0. The smallest absolute Gasteiger partial charge is 0.334 e. The van der Waals surface area contributed by atoms with Gasteiger partial charge in [0, 0.05) is 11.5 Å². The topological polar surface area (TPSA) is 65.2 Å². The number of allylic oxidation sites excluding steroid dienone is 1. The molecule has 0 saturated carbocycles. The first-order chi connectivity index (χ1) is 10.5. The number of carbonyl (C=O) groups excluding carboxylic acids is 1. The van der Waals surface area contributed by atoms with E-state index in [2.05, 4.69) is 24.9 Å². The largest absolute Gasteiger partial charge is 0.455 e. The molecule has 0 fully saturated rings. The van der Waals surface area contributed by atoms with Crippen LogP contribution in [0.5, 0.6) is 0 Å². The third-order valence-electron chi connectivity index (χ3n) is 4.95. The fourth-order valence-electron chi connectivity index (χ4n) is 3.47. The van der Waals surface area contributed by atoms with Crippen molar-refractivity contribution < 1.29 is 9.53 Å². The molecule has 0 unspecified atom stereocenters.